The molecular weight excluding hydrogens is 368 g/mol. The van der Waals surface area contributed by atoms with Crippen molar-refractivity contribution in [2.24, 2.45) is 0 Å². The van der Waals surface area contributed by atoms with Gasteiger partial charge in [0.1, 0.15) is 0 Å². The minimum atomic E-state index is -3.44. The van der Waals surface area contributed by atoms with E-state index in [-0.39, 0.29) is 19.2 Å². The third-order valence-electron chi connectivity index (χ3n) is 4.78. The van der Waals surface area contributed by atoms with Gasteiger partial charge in [-0.25, -0.2) is 8.42 Å². The molecule has 1 aliphatic carbocycles. The van der Waals surface area contributed by atoms with E-state index in [1.165, 1.54) is 16.3 Å². The quantitative estimate of drug-likeness (QED) is 0.683. The predicted octanol–water partition coefficient (Wildman–Crippen LogP) is 2.18. The minimum absolute atomic E-state index is 0.170. The van der Waals surface area contributed by atoms with Crippen LogP contribution in [0.25, 0.3) is 0 Å². The number of amides is 1. The highest BCUT2D eigenvalue weighted by Crippen LogP contribution is 2.32. The fourth-order valence-electron chi connectivity index (χ4n) is 3.23. The van der Waals surface area contributed by atoms with Gasteiger partial charge < -0.3 is 14.8 Å². The van der Waals surface area contributed by atoms with Gasteiger partial charge in [0.05, 0.1) is 12.8 Å². The molecule has 0 saturated carbocycles. The van der Waals surface area contributed by atoms with Crippen molar-refractivity contribution in [2.75, 3.05) is 26.1 Å². The van der Waals surface area contributed by atoms with Crippen molar-refractivity contribution in [2.45, 2.75) is 38.6 Å². The molecule has 0 atom stereocenters. The molecule has 0 spiro atoms. The number of nitrogens with zero attached hydrogens (tertiary/aromatic N) is 1. The van der Waals surface area contributed by atoms with Crippen LogP contribution in [0.1, 0.15) is 37.7 Å². The van der Waals surface area contributed by atoms with Crippen molar-refractivity contribution in [3.63, 3.8) is 0 Å². The summed E-state index contributed by atoms with van der Waals surface area (Å²) in [5, 5.41) is 2.77. The van der Waals surface area contributed by atoms with Gasteiger partial charge in [0.15, 0.2) is 11.5 Å². The Morgan fingerprint density at radius 3 is 2.78 bits per heavy atom. The Kier molecular flexibility index (Phi) is 6.38. The van der Waals surface area contributed by atoms with Crippen molar-refractivity contribution >= 4 is 15.9 Å². The summed E-state index contributed by atoms with van der Waals surface area (Å²) in [6, 6.07) is 5.45. The molecule has 7 nitrogen and oxygen atoms in total. The highest BCUT2D eigenvalue weighted by molar-refractivity contribution is 7.88. The standard InChI is InChI=1S/C19H26N2O5S/c1-27(23,24)21(10-9-15-5-3-2-4-6-15)13-19(22)20-12-16-7-8-17-18(11-16)26-14-25-17/h5,7-8,11H,2-4,6,9-10,12-14H2,1H3,(H,20,22). The lowest BCUT2D eigenvalue weighted by atomic mass is 9.97. The summed E-state index contributed by atoms with van der Waals surface area (Å²) >= 11 is 0. The summed E-state index contributed by atoms with van der Waals surface area (Å²) in [7, 11) is -3.44. The first-order valence-corrected chi connectivity index (χ1v) is 11.0. The first-order chi connectivity index (χ1) is 12.9. The van der Waals surface area contributed by atoms with Crippen LogP contribution in [0, 0.1) is 0 Å². The number of sulfonamides is 1. The van der Waals surface area contributed by atoms with Gasteiger partial charge in [-0.15, -0.1) is 0 Å². The summed E-state index contributed by atoms with van der Waals surface area (Å²) in [6.07, 6.45) is 8.46. The summed E-state index contributed by atoms with van der Waals surface area (Å²) in [5.41, 5.74) is 2.15. The summed E-state index contributed by atoms with van der Waals surface area (Å²) in [6.45, 7) is 0.669. The average Bonchev–Trinajstić information content (AvgIpc) is 3.11. The van der Waals surface area contributed by atoms with Crippen LogP contribution < -0.4 is 14.8 Å². The number of rotatable bonds is 8. The van der Waals surface area contributed by atoms with E-state index in [0.717, 1.165) is 31.1 Å². The largest absolute Gasteiger partial charge is 0.454 e. The lowest BCUT2D eigenvalue weighted by molar-refractivity contribution is -0.121. The van der Waals surface area contributed by atoms with E-state index < -0.39 is 10.0 Å². The molecular formula is C19H26N2O5S. The molecule has 3 rings (SSSR count). The van der Waals surface area contributed by atoms with Crippen LogP contribution in [0.2, 0.25) is 0 Å². The van der Waals surface area contributed by atoms with E-state index in [0.29, 0.717) is 31.0 Å². The molecule has 1 aromatic carbocycles. The molecule has 0 fully saturated rings. The van der Waals surface area contributed by atoms with Gasteiger partial charge in [0.2, 0.25) is 22.7 Å². The summed E-state index contributed by atoms with van der Waals surface area (Å²) in [4.78, 5) is 12.3. The molecule has 8 heteroatoms. The van der Waals surface area contributed by atoms with Crippen LogP contribution >= 0.6 is 0 Å². The second-order valence-electron chi connectivity index (χ2n) is 6.92. The molecule has 1 aliphatic heterocycles. The van der Waals surface area contributed by atoms with Crippen LogP contribution in [0.4, 0.5) is 0 Å². The molecule has 1 aromatic rings. The maximum Gasteiger partial charge on any atom is 0.235 e. The average molecular weight is 394 g/mol. The van der Waals surface area contributed by atoms with Crippen LogP contribution in [0.3, 0.4) is 0 Å². The first-order valence-electron chi connectivity index (χ1n) is 9.20. The zero-order valence-corrected chi connectivity index (χ0v) is 16.4. The highest BCUT2D eigenvalue weighted by Gasteiger charge is 2.21. The molecule has 0 bridgehead atoms. The van der Waals surface area contributed by atoms with Crippen LogP contribution in [0.15, 0.2) is 29.8 Å². The first kappa shape index (κ1) is 19.7. The second kappa shape index (κ2) is 8.75. The van der Waals surface area contributed by atoms with Gasteiger partial charge in [0.25, 0.3) is 0 Å². The number of carbonyl (C=O) groups excluding carboxylic acids is 1. The normalized spacial score (nSPS) is 16.3. The Balaban J connectivity index is 1.52. The third-order valence-corrected chi connectivity index (χ3v) is 6.03. The Morgan fingerprint density at radius 1 is 1.22 bits per heavy atom. The monoisotopic (exact) mass is 394 g/mol. The zero-order chi connectivity index (χ0) is 19.3. The van der Waals surface area contributed by atoms with Gasteiger partial charge in [-0.2, -0.15) is 4.31 Å². The van der Waals surface area contributed by atoms with Gasteiger partial charge in [-0.3, -0.25) is 4.79 Å². The number of nitrogens with one attached hydrogen (secondary N) is 1. The summed E-state index contributed by atoms with van der Waals surface area (Å²) in [5.74, 6) is 1.02. The molecule has 0 aromatic heterocycles. The van der Waals surface area contributed by atoms with Crippen molar-refractivity contribution in [1.82, 2.24) is 9.62 Å². The number of fused-ring (bicyclic) bond motifs is 1. The SMILES string of the molecule is CS(=O)(=O)N(CCC1=CCCCC1)CC(=O)NCc1ccc2c(c1)OCO2. The van der Waals surface area contributed by atoms with Crippen LogP contribution in [0.5, 0.6) is 11.5 Å². The number of hydrogen-bond acceptors (Lipinski definition) is 5. The highest BCUT2D eigenvalue weighted by atomic mass is 32.2. The number of hydrogen-bond donors (Lipinski definition) is 1. The van der Waals surface area contributed by atoms with Gasteiger partial charge in [-0.1, -0.05) is 17.7 Å². The Labute approximate surface area is 160 Å². The van der Waals surface area contributed by atoms with Crippen molar-refractivity contribution < 1.29 is 22.7 Å². The molecule has 2 aliphatic rings. The van der Waals surface area contributed by atoms with Gasteiger partial charge >= 0.3 is 0 Å². The molecule has 1 amide bonds. The second-order valence-corrected chi connectivity index (χ2v) is 8.90. The number of carbonyl (C=O) groups is 1. The van der Waals surface area contributed by atoms with Gasteiger partial charge in [0, 0.05) is 13.1 Å². The molecule has 27 heavy (non-hydrogen) atoms. The number of benzene rings is 1. The maximum atomic E-state index is 12.3. The molecule has 0 radical (unpaired) electrons. The minimum Gasteiger partial charge on any atom is -0.454 e. The fraction of sp³-hybridized carbons (Fsp3) is 0.526. The number of ether oxygens (including phenoxy) is 2. The Hall–Kier alpha value is -2.06. The van der Waals surface area contributed by atoms with Crippen LogP contribution in [-0.2, 0) is 21.4 Å². The van der Waals surface area contributed by atoms with E-state index in [1.807, 2.05) is 12.1 Å². The predicted molar refractivity (Wildman–Crippen MR) is 102 cm³/mol. The van der Waals surface area contributed by atoms with E-state index in [2.05, 4.69) is 11.4 Å². The van der Waals surface area contributed by atoms with Gasteiger partial charge in [-0.05, 0) is 49.8 Å². The number of allylic oxidation sites excluding steroid dienone is 1. The Bertz CT molecular complexity index is 819. The topological polar surface area (TPSA) is 84.9 Å². The van der Waals surface area contributed by atoms with E-state index >= 15 is 0 Å². The fourth-order valence-corrected chi connectivity index (χ4v) is 4.00. The molecule has 0 saturated heterocycles. The van der Waals surface area contributed by atoms with E-state index in [1.54, 1.807) is 6.07 Å². The third kappa shape index (κ3) is 5.71. The molecule has 1 N–H and O–H groups in total. The van der Waals surface area contributed by atoms with Crippen molar-refractivity contribution in [3.8, 4) is 11.5 Å². The molecule has 148 valence electrons. The smallest absolute Gasteiger partial charge is 0.235 e. The Morgan fingerprint density at radius 2 is 2.04 bits per heavy atom. The van der Waals surface area contributed by atoms with E-state index in [9.17, 15) is 13.2 Å². The lowest BCUT2D eigenvalue weighted by Gasteiger charge is -2.21. The summed E-state index contributed by atoms with van der Waals surface area (Å²) < 4.78 is 35.9. The molecule has 0 unspecified atom stereocenters. The van der Waals surface area contributed by atoms with Crippen LogP contribution in [-0.4, -0.2) is 44.8 Å². The van der Waals surface area contributed by atoms with Crippen molar-refractivity contribution in [1.29, 1.82) is 0 Å². The van der Waals surface area contributed by atoms with E-state index in [4.69, 9.17) is 9.47 Å². The van der Waals surface area contributed by atoms with Crippen molar-refractivity contribution in [3.05, 3.63) is 35.4 Å². The maximum absolute atomic E-state index is 12.3. The molecule has 1 heterocycles. The zero-order valence-electron chi connectivity index (χ0n) is 15.6. The lowest BCUT2D eigenvalue weighted by Crippen LogP contribution is -2.40.